The maximum atomic E-state index is 9.70. The number of anilines is 1. The summed E-state index contributed by atoms with van der Waals surface area (Å²) in [5, 5.41) is 10.2. The number of nitrogens with one attached hydrogen (secondary N) is 1. The number of pyridine rings is 2. The lowest BCUT2D eigenvalue weighted by atomic mass is 9.95. The Balaban J connectivity index is 0.00000243. The first-order valence-electron chi connectivity index (χ1n) is 7.61. The van der Waals surface area contributed by atoms with Crippen LogP contribution in [0.2, 0.25) is 5.02 Å². The highest BCUT2D eigenvalue weighted by atomic mass is 35.5. The fourth-order valence-electron chi connectivity index (χ4n) is 2.79. The van der Waals surface area contributed by atoms with Gasteiger partial charge in [0.2, 0.25) is 0 Å². The molecule has 0 aliphatic carbocycles. The largest absolute Gasteiger partial charge is 0.392 e. The molecule has 5 nitrogen and oxygen atoms in total. The number of nitrogen functional groups attached to an aromatic ring is 1. The topological polar surface area (TPSA) is 101 Å². The molecule has 0 atom stereocenters. The molecule has 6 N–H and O–H groups in total. The van der Waals surface area contributed by atoms with Crippen LogP contribution in [0.3, 0.4) is 0 Å². The molecule has 3 rings (SSSR count). The molecule has 0 saturated heterocycles. The van der Waals surface area contributed by atoms with Crippen molar-refractivity contribution >= 4 is 42.0 Å². The molecule has 0 unspecified atom stereocenters. The Hall–Kier alpha value is -1.96. The molecule has 0 bridgehead atoms. The second-order valence-corrected chi connectivity index (χ2v) is 6.37. The van der Waals surface area contributed by atoms with Crippen LogP contribution in [-0.4, -0.2) is 15.1 Å². The number of aliphatic hydroxyl groups is 1. The quantitative estimate of drug-likeness (QED) is 0.487. The molecule has 0 amide bonds. The molecule has 2 aromatic heterocycles. The van der Waals surface area contributed by atoms with E-state index < -0.39 is 0 Å². The molecule has 136 valence electrons. The number of aliphatic hydroxyl groups excluding tert-OH is 1. The van der Waals surface area contributed by atoms with Crippen LogP contribution < -0.4 is 11.5 Å². The van der Waals surface area contributed by atoms with Crippen molar-refractivity contribution in [2.75, 3.05) is 5.73 Å². The van der Waals surface area contributed by atoms with Gasteiger partial charge < -0.3 is 21.6 Å². The summed E-state index contributed by atoms with van der Waals surface area (Å²) in [6.07, 6.45) is 3.37. The lowest BCUT2D eigenvalue weighted by molar-refractivity contribution is 0.281. The van der Waals surface area contributed by atoms with E-state index in [0.29, 0.717) is 26.6 Å². The molecule has 26 heavy (non-hydrogen) atoms. The van der Waals surface area contributed by atoms with Gasteiger partial charge in [-0.2, -0.15) is 0 Å². The van der Waals surface area contributed by atoms with Gasteiger partial charge in [-0.05, 0) is 47.0 Å². The summed E-state index contributed by atoms with van der Waals surface area (Å²) in [6, 6.07) is 9.17. The van der Waals surface area contributed by atoms with Crippen LogP contribution in [-0.2, 0) is 13.2 Å². The first kappa shape index (κ1) is 20.4. The second-order valence-electron chi connectivity index (χ2n) is 5.52. The van der Waals surface area contributed by atoms with Gasteiger partial charge in [0, 0.05) is 34.6 Å². The molecule has 0 fully saturated rings. The molecule has 3 aromatic rings. The summed E-state index contributed by atoms with van der Waals surface area (Å²) < 4.78 is 0.571. The molecule has 0 saturated carbocycles. The minimum Gasteiger partial charge on any atom is -0.392 e. The monoisotopic (exact) mass is 408 g/mol. The summed E-state index contributed by atoms with van der Waals surface area (Å²) >= 11 is 11.9. The zero-order valence-corrected chi connectivity index (χ0v) is 16.1. The Bertz CT molecular complexity index is 991. The van der Waals surface area contributed by atoms with Crippen molar-refractivity contribution in [2.24, 2.45) is 5.73 Å². The molecular formula is C18H18Cl2N4OS. The van der Waals surface area contributed by atoms with E-state index >= 15 is 0 Å². The van der Waals surface area contributed by atoms with E-state index in [2.05, 4.69) is 9.97 Å². The molecule has 0 radical (unpaired) electrons. The van der Waals surface area contributed by atoms with Gasteiger partial charge >= 0.3 is 0 Å². The molecule has 1 aromatic carbocycles. The van der Waals surface area contributed by atoms with Gasteiger partial charge in [-0.25, -0.2) is 4.98 Å². The van der Waals surface area contributed by atoms with Gasteiger partial charge in [0.1, 0.15) is 5.82 Å². The third-order valence-electron chi connectivity index (χ3n) is 3.98. The molecular weight excluding hydrogens is 391 g/mol. The Labute approximate surface area is 167 Å². The van der Waals surface area contributed by atoms with Gasteiger partial charge in [0.05, 0.1) is 17.3 Å². The van der Waals surface area contributed by atoms with Crippen molar-refractivity contribution in [1.29, 1.82) is 0 Å². The van der Waals surface area contributed by atoms with Crippen LogP contribution in [0.1, 0.15) is 11.1 Å². The minimum atomic E-state index is -0.186. The zero-order chi connectivity index (χ0) is 18.0. The van der Waals surface area contributed by atoms with E-state index in [9.17, 15) is 5.11 Å². The summed E-state index contributed by atoms with van der Waals surface area (Å²) in [5.41, 5.74) is 16.4. The predicted octanol–water partition coefficient (Wildman–Crippen LogP) is 4.08. The smallest absolute Gasteiger partial charge is 0.123 e. The minimum absolute atomic E-state index is 0. The van der Waals surface area contributed by atoms with Gasteiger partial charge in [-0.3, -0.25) is 0 Å². The SMILES string of the molecule is Cl.NCc1cc(-c2ccnc(N)c2)cc(Cl)c1-c1[nH]ccc(=S)c1CO. The number of H-pyrrole nitrogens is 1. The fourth-order valence-corrected chi connectivity index (χ4v) is 3.36. The van der Waals surface area contributed by atoms with Gasteiger partial charge in [-0.1, -0.05) is 23.8 Å². The number of hydrogen-bond acceptors (Lipinski definition) is 5. The van der Waals surface area contributed by atoms with Crippen molar-refractivity contribution in [3.05, 3.63) is 63.4 Å². The number of aromatic amines is 1. The summed E-state index contributed by atoms with van der Waals surface area (Å²) in [5.74, 6) is 0.432. The maximum absolute atomic E-state index is 9.70. The number of nitrogens with zero attached hydrogens (tertiary/aromatic N) is 1. The summed E-state index contributed by atoms with van der Waals surface area (Å²) in [6.45, 7) is 0.0955. The standard InChI is InChI=1S/C18H17ClN4OS.ClH/c19-14-6-11(10-1-3-22-16(21)7-10)5-12(8-20)17(14)18-13(9-24)15(25)2-4-23-18;/h1-7,24H,8-9,20H2,(H2,21,22)(H,23,25);1H. The lowest BCUT2D eigenvalue weighted by Crippen LogP contribution is -2.04. The van der Waals surface area contributed by atoms with Crippen molar-refractivity contribution in [3.63, 3.8) is 0 Å². The van der Waals surface area contributed by atoms with Gasteiger partial charge in [0.15, 0.2) is 0 Å². The van der Waals surface area contributed by atoms with Crippen molar-refractivity contribution in [1.82, 2.24) is 9.97 Å². The molecule has 0 aliphatic rings. The third-order valence-corrected chi connectivity index (χ3v) is 4.66. The Morgan fingerprint density at radius 2 is 1.96 bits per heavy atom. The zero-order valence-electron chi connectivity index (χ0n) is 13.7. The second kappa shape index (κ2) is 8.62. The number of halogens is 2. The van der Waals surface area contributed by atoms with Crippen LogP contribution in [0, 0.1) is 4.51 Å². The molecule has 2 heterocycles. The van der Waals surface area contributed by atoms with Gasteiger partial charge in [-0.15, -0.1) is 12.4 Å². The molecule has 0 spiro atoms. The highest BCUT2D eigenvalue weighted by Gasteiger charge is 2.16. The highest BCUT2D eigenvalue weighted by molar-refractivity contribution is 7.71. The maximum Gasteiger partial charge on any atom is 0.123 e. The number of benzene rings is 1. The number of hydrogen-bond donors (Lipinski definition) is 4. The van der Waals surface area contributed by atoms with Crippen LogP contribution in [0.4, 0.5) is 5.82 Å². The van der Waals surface area contributed by atoms with Crippen LogP contribution in [0.15, 0.2) is 42.7 Å². The Kier molecular flexibility index (Phi) is 6.75. The number of aromatic nitrogens is 2. The van der Waals surface area contributed by atoms with E-state index in [1.54, 1.807) is 24.5 Å². The van der Waals surface area contributed by atoms with Crippen molar-refractivity contribution in [3.8, 4) is 22.4 Å². The van der Waals surface area contributed by atoms with E-state index in [0.717, 1.165) is 22.3 Å². The van der Waals surface area contributed by atoms with Crippen LogP contribution >= 0.6 is 36.2 Å². The van der Waals surface area contributed by atoms with Crippen molar-refractivity contribution < 1.29 is 5.11 Å². The summed E-state index contributed by atoms with van der Waals surface area (Å²) in [4.78, 5) is 7.14. The van der Waals surface area contributed by atoms with Crippen LogP contribution in [0.5, 0.6) is 0 Å². The van der Waals surface area contributed by atoms with Gasteiger partial charge in [0.25, 0.3) is 0 Å². The van der Waals surface area contributed by atoms with E-state index in [1.165, 1.54) is 0 Å². The average molecular weight is 409 g/mol. The highest BCUT2D eigenvalue weighted by Crippen LogP contribution is 2.36. The Morgan fingerprint density at radius 1 is 1.19 bits per heavy atom. The van der Waals surface area contributed by atoms with Crippen LogP contribution in [0.25, 0.3) is 22.4 Å². The number of nitrogens with two attached hydrogens (primary N) is 2. The van der Waals surface area contributed by atoms with Crippen molar-refractivity contribution in [2.45, 2.75) is 13.2 Å². The Morgan fingerprint density at radius 3 is 2.62 bits per heavy atom. The molecule has 8 heteroatoms. The normalized spacial score (nSPS) is 10.4. The first-order chi connectivity index (χ1) is 12.0. The lowest BCUT2D eigenvalue weighted by Gasteiger charge is -2.16. The fraction of sp³-hybridized carbons (Fsp3) is 0.111. The van der Waals surface area contributed by atoms with E-state index in [1.807, 2.05) is 18.2 Å². The predicted molar refractivity (Wildman–Crippen MR) is 111 cm³/mol. The first-order valence-corrected chi connectivity index (χ1v) is 8.40. The third kappa shape index (κ3) is 3.90. The van der Waals surface area contributed by atoms with E-state index in [4.69, 9.17) is 35.3 Å². The summed E-state index contributed by atoms with van der Waals surface area (Å²) in [7, 11) is 0. The van der Waals surface area contributed by atoms with E-state index in [-0.39, 0.29) is 25.6 Å². The number of rotatable bonds is 4. The molecule has 0 aliphatic heterocycles. The average Bonchev–Trinajstić information content (AvgIpc) is 2.60.